The SMILES string of the molecule is CCn1nc(C)c2c1CSC2. The van der Waals surface area contributed by atoms with Gasteiger partial charge in [0.25, 0.3) is 0 Å². The molecular formula is C8H12N2S. The Morgan fingerprint density at radius 1 is 1.55 bits per heavy atom. The molecule has 0 N–H and O–H groups in total. The maximum absolute atomic E-state index is 4.45. The number of hydrogen-bond acceptors (Lipinski definition) is 2. The Bertz CT molecular complexity index is 278. The molecule has 2 rings (SSSR count). The van der Waals surface area contributed by atoms with Crippen LogP contribution in [-0.4, -0.2) is 9.78 Å². The zero-order chi connectivity index (χ0) is 7.84. The van der Waals surface area contributed by atoms with Crippen molar-refractivity contribution in [3.05, 3.63) is 17.0 Å². The Kier molecular flexibility index (Phi) is 1.68. The minimum absolute atomic E-state index is 1.01. The predicted molar refractivity (Wildman–Crippen MR) is 47.6 cm³/mol. The van der Waals surface area contributed by atoms with Crippen LogP contribution in [-0.2, 0) is 18.1 Å². The zero-order valence-corrected chi connectivity index (χ0v) is 7.74. The summed E-state index contributed by atoms with van der Waals surface area (Å²) in [7, 11) is 0. The first kappa shape index (κ1) is 7.22. The molecule has 0 bridgehead atoms. The van der Waals surface area contributed by atoms with Crippen LogP contribution in [0.4, 0.5) is 0 Å². The third kappa shape index (κ3) is 0.984. The Balaban J connectivity index is 2.52. The van der Waals surface area contributed by atoms with E-state index in [1.54, 1.807) is 0 Å². The van der Waals surface area contributed by atoms with Crippen molar-refractivity contribution in [2.45, 2.75) is 31.9 Å². The summed E-state index contributed by atoms with van der Waals surface area (Å²) in [5.41, 5.74) is 4.17. The molecule has 0 aromatic carbocycles. The van der Waals surface area contributed by atoms with Crippen molar-refractivity contribution in [3.8, 4) is 0 Å². The number of fused-ring (bicyclic) bond motifs is 1. The highest BCUT2D eigenvalue weighted by Gasteiger charge is 2.19. The summed E-state index contributed by atoms with van der Waals surface area (Å²) >= 11 is 1.99. The van der Waals surface area contributed by atoms with Gasteiger partial charge in [0.15, 0.2) is 0 Å². The molecule has 0 fully saturated rings. The van der Waals surface area contributed by atoms with Crippen LogP contribution >= 0.6 is 11.8 Å². The topological polar surface area (TPSA) is 17.8 Å². The maximum Gasteiger partial charge on any atom is 0.0637 e. The average molecular weight is 168 g/mol. The van der Waals surface area contributed by atoms with Crippen LogP contribution < -0.4 is 0 Å². The molecule has 2 nitrogen and oxygen atoms in total. The number of nitrogens with zero attached hydrogens (tertiary/aromatic N) is 2. The van der Waals surface area contributed by atoms with E-state index in [0.29, 0.717) is 0 Å². The molecular weight excluding hydrogens is 156 g/mol. The standard InChI is InChI=1S/C8H12N2S/c1-3-10-8-5-11-4-7(8)6(2)9-10/h3-5H2,1-2H3. The van der Waals surface area contributed by atoms with Crippen LogP contribution in [0.25, 0.3) is 0 Å². The molecule has 11 heavy (non-hydrogen) atoms. The number of hydrogen-bond donors (Lipinski definition) is 0. The predicted octanol–water partition coefficient (Wildman–Crippen LogP) is 1.96. The van der Waals surface area contributed by atoms with Crippen molar-refractivity contribution in [2.24, 2.45) is 0 Å². The van der Waals surface area contributed by atoms with E-state index in [1.807, 2.05) is 11.8 Å². The van der Waals surface area contributed by atoms with E-state index in [1.165, 1.54) is 22.7 Å². The lowest BCUT2D eigenvalue weighted by Gasteiger charge is -1.98. The third-order valence-electron chi connectivity index (χ3n) is 2.15. The molecule has 0 radical (unpaired) electrons. The normalized spacial score (nSPS) is 15.5. The van der Waals surface area contributed by atoms with Crippen molar-refractivity contribution >= 4 is 11.8 Å². The number of aryl methyl sites for hydroxylation is 2. The summed E-state index contributed by atoms with van der Waals surface area (Å²) in [6, 6.07) is 0. The largest absolute Gasteiger partial charge is 0.268 e. The van der Waals surface area contributed by atoms with Gasteiger partial charge in [0.2, 0.25) is 0 Å². The minimum atomic E-state index is 1.01. The van der Waals surface area contributed by atoms with E-state index in [4.69, 9.17) is 0 Å². The number of thioether (sulfide) groups is 1. The second-order valence-corrected chi connectivity index (χ2v) is 3.80. The Morgan fingerprint density at radius 2 is 2.36 bits per heavy atom. The van der Waals surface area contributed by atoms with E-state index in [0.717, 1.165) is 12.3 Å². The summed E-state index contributed by atoms with van der Waals surface area (Å²) in [4.78, 5) is 0. The van der Waals surface area contributed by atoms with Crippen LogP contribution in [0, 0.1) is 6.92 Å². The molecule has 3 heteroatoms. The van der Waals surface area contributed by atoms with Gasteiger partial charge in [-0.2, -0.15) is 16.9 Å². The lowest BCUT2D eigenvalue weighted by Crippen LogP contribution is -2.00. The lowest BCUT2D eigenvalue weighted by molar-refractivity contribution is 0.632. The molecule has 60 valence electrons. The average Bonchev–Trinajstić information content (AvgIpc) is 2.54. The minimum Gasteiger partial charge on any atom is -0.268 e. The summed E-state index contributed by atoms with van der Waals surface area (Å²) in [6.07, 6.45) is 0. The molecule has 0 spiro atoms. The second kappa shape index (κ2) is 2.55. The third-order valence-corrected chi connectivity index (χ3v) is 3.12. The van der Waals surface area contributed by atoms with E-state index in [2.05, 4.69) is 23.6 Å². The molecule has 0 atom stereocenters. The quantitative estimate of drug-likeness (QED) is 0.638. The molecule has 0 amide bonds. The van der Waals surface area contributed by atoms with E-state index in [-0.39, 0.29) is 0 Å². The van der Waals surface area contributed by atoms with Crippen LogP contribution in [0.15, 0.2) is 0 Å². The van der Waals surface area contributed by atoms with Gasteiger partial charge in [-0.25, -0.2) is 0 Å². The molecule has 2 heterocycles. The number of rotatable bonds is 1. The summed E-state index contributed by atoms with van der Waals surface area (Å²) < 4.78 is 2.13. The Labute approximate surface area is 71.0 Å². The van der Waals surface area contributed by atoms with Crippen molar-refractivity contribution in [1.82, 2.24) is 9.78 Å². The fourth-order valence-electron chi connectivity index (χ4n) is 1.53. The summed E-state index contributed by atoms with van der Waals surface area (Å²) in [6.45, 7) is 5.27. The molecule has 1 aromatic rings. The fraction of sp³-hybridized carbons (Fsp3) is 0.625. The molecule has 0 unspecified atom stereocenters. The molecule has 0 aliphatic carbocycles. The molecule has 0 saturated carbocycles. The number of aromatic nitrogens is 2. The highest BCUT2D eigenvalue weighted by Crippen LogP contribution is 2.31. The van der Waals surface area contributed by atoms with Crippen LogP contribution in [0.1, 0.15) is 23.9 Å². The molecule has 1 aliphatic rings. The fourth-order valence-corrected chi connectivity index (χ4v) is 2.73. The van der Waals surface area contributed by atoms with Gasteiger partial charge in [0, 0.05) is 23.6 Å². The van der Waals surface area contributed by atoms with Gasteiger partial charge in [-0.15, -0.1) is 0 Å². The van der Waals surface area contributed by atoms with Crippen LogP contribution in [0.3, 0.4) is 0 Å². The van der Waals surface area contributed by atoms with Gasteiger partial charge < -0.3 is 0 Å². The van der Waals surface area contributed by atoms with Gasteiger partial charge in [0.05, 0.1) is 11.4 Å². The summed E-state index contributed by atoms with van der Waals surface area (Å²) in [5, 5.41) is 4.45. The van der Waals surface area contributed by atoms with Gasteiger partial charge in [-0.05, 0) is 13.8 Å². The van der Waals surface area contributed by atoms with Crippen LogP contribution in [0.5, 0.6) is 0 Å². The van der Waals surface area contributed by atoms with Crippen molar-refractivity contribution in [1.29, 1.82) is 0 Å². The van der Waals surface area contributed by atoms with E-state index < -0.39 is 0 Å². The second-order valence-electron chi connectivity index (χ2n) is 2.82. The summed E-state index contributed by atoms with van der Waals surface area (Å²) in [5.74, 6) is 2.32. The zero-order valence-electron chi connectivity index (χ0n) is 6.92. The highest BCUT2D eigenvalue weighted by atomic mass is 32.2. The van der Waals surface area contributed by atoms with Crippen molar-refractivity contribution in [3.63, 3.8) is 0 Å². The first-order valence-corrected chi connectivity index (χ1v) is 5.11. The molecule has 0 saturated heterocycles. The maximum atomic E-state index is 4.45. The molecule has 1 aromatic heterocycles. The smallest absolute Gasteiger partial charge is 0.0637 e. The van der Waals surface area contributed by atoms with Gasteiger partial charge >= 0.3 is 0 Å². The molecule has 1 aliphatic heterocycles. The van der Waals surface area contributed by atoms with E-state index >= 15 is 0 Å². The van der Waals surface area contributed by atoms with Crippen molar-refractivity contribution < 1.29 is 0 Å². The first-order chi connectivity index (χ1) is 5.33. The van der Waals surface area contributed by atoms with Crippen LogP contribution in [0.2, 0.25) is 0 Å². The highest BCUT2D eigenvalue weighted by molar-refractivity contribution is 7.98. The van der Waals surface area contributed by atoms with Gasteiger partial charge in [-0.3, -0.25) is 4.68 Å². The first-order valence-electron chi connectivity index (χ1n) is 3.96. The van der Waals surface area contributed by atoms with Gasteiger partial charge in [0.1, 0.15) is 0 Å². The van der Waals surface area contributed by atoms with E-state index in [9.17, 15) is 0 Å². The van der Waals surface area contributed by atoms with Gasteiger partial charge in [-0.1, -0.05) is 0 Å². The Hall–Kier alpha value is -0.440. The lowest BCUT2D eigenvalue weighted by atomic mass is 10.2. The van der Waals surface area contributed by atoms with Crippen molar-refractivity contribution in [2.75, 3.05) is 0 Å². The Morgan fingerprint density at radius 3 is 3.09 bits per heavy atom. The monoisotopic (exact) mass is 168 g/mol.